The largest absolute Gasteiger partial charge is 0.310 e. The molecule has 17 heavy (non-hydrogen) atoms. The Morgan fingerprint density at radius 1 is 1.41 bits per heavy atom. The Balaban J connectivity index is 0.00000256. The van der Waals surface area contributed by atoms with Crippen LogP contribution in [0.2, 0.25) is 0 Å². The van der Waals surface area contributed by atoms with Gasteiger partial charge in [0, 0.05) is 30.2 Å². The molecule has 0 aromatic carbocycles. The average molecular weight is 278 g/mol. The number of aromatic nitrogens is 1. The molecule has 0 spiro atoms. The Hall–Kier alpha value is -0.160. The summed E-state index contributed by atoms with van der Waals surface area (Å²) in [5.74, 6) is 0. The Bertz CT molecular complexity index is 300. The number of hydrogen-bond donors (Lipinski definition) is 1. The second-order valence-corrected chi connectivity index (χ2v) is 5.37. The van der Waals surface area contributed by atoms with E-state index in [2.05, 4.69) is 36.0 Å². The molecule has 3 nitrogen and oxygen atoms in total. The predicted molar refractivity (Wildman–Crippen MR) is 78.2 cm³/mol. The summed E-state index contributed by atoms with van der Waals surface area (Å²) in [6.45, 7) is 13.0. The molecule has 100 valence electrons. The number of nitrogens with one attached hydrogen (secondary N) is 1. The molecule has 1 N–H and O–H groups in total. The molecule has 1 unspecified atom stereocenters. The summed E-state index contributed by atoms with van der Waals surface area (Å²) < 4.78 is 0. The lowest BCUT2D eigenvalue weighted by molar-refractivity contribution is 0.226. The van der Waals surface area contributed by atoms with Crippen LogP contribution in [-0.4, -0.2) is 35.6 Å². The summed E-state index contributed by atoms with van der Waals surface area (Å²) in [4.78, 5) is 8.04. The maximum absolute atomic E-state index is 4.25. The minimum absolute atomic E-state index is 0. The first-order chi connectivity index (χ1) is 7.67. The molecule has 0 aliphatic rings. The van der Waals surface area contributed by atoms with Gasteiger partial charge in [-0.15, -0.1) is 23.7 Å². The third kappa shape index (κ3) is 5.82. The highest BCUT2D eigenvalue weighted by Gasteiger charge is 2.09. The average Bonchev–Trinajstić information content (AvgIpc) is 2.66. The lowest BCUT2D eigenvalue weighted by atomic mass is 10.2. The van der Waals surface area contributed by atoms with Crippen molar-refractivity contribution in [1.29, 1.82) is 0 Å². The molecule has 1 atom stereocenters. The van der Waals surface area contributed by atoms with Crippen molar-refractivity contribution in [2.24, 2.45) is 0 Å². The minimum atomic E-state index is 0. The molecule has 5 heteroatoms. The van der Waals surface area contributed by atoms with E-state index in [1.807, 2.05) is 13.1 Å². The number of nitrogens with zero attached hydrogens (tertiary/aromatic N) is 2. The molecule has 0 saturated heterocycles. The van der Waals surface area contributed by atoms with E-state index in [0.717, 1.165) is 31.2 Å². The fourth-order valence-corrected chi connectivity index (χ4v) is 2.63. The van der Waals surface area contributed by atoms with Gasteiger partial charge in [0.1, 0.15) is 0 Å². The second kappa shape index (κ2) is 8.86. The molecular weight excluding hydrogens is 254 g/mol. The summed E-state index contributed by atoms with van der Waals surface area (Å²) in [5, 5.41) is 4.64. The molecule has 1 heterocycles. The topological polar surface area (TPSA) is 28.2 Å². The molecular formula is C12H24ClN3S. The van der Waals surface area contributed by atoms with Gasteiger partial charge >= 0.3 is 0 Å². The standard InChI is InChI=1S/C12H23N3S.ClH/c1-5-15(6-2)10(3)7-13-8-12-9-14-11(4)16-12;/h9-10,13H,5-8H2,1-4H3;1H. The van der Waals surface area contributed by atoms with Gasteiger partial charge in [0.15, 0.2) is 0 Å². The monoisotopic (exact) mass is 277 g/mol. The van der Waals surface area contributed by atoms with Crippen LogP contribution in [0.3, 0.4) is 0 Å². The SMILES string of the molecule is CCN(CC)C(C)CNCc1cnc(C)s1.Cl. The van der Waals surface area contributed by atoms with Crippen LogP contribution < -0.4 is 5.32 Å². The number of thiazole rings is 1. The first kappa shape index (κ1) is 16.8. The summed E-state index contributed by atoms with van der Waals surface area (Å²) in [7, 11) is 0. The number of hydrogen-bond acceptors (Lipinski definition) is 4. The molecule has 0 radical (unpaired) electrons. The Kier molecular flexibility index (Phi) is 8.78. The molecule has 1 aromatic rings. The number of likely N-dealkylation sites (N-methyl/N-ethyl adjacent to an activating group) is 1. The Morgan fingerprint density at radius 2 is 2.06 bits per heavy atom. The van der Waals surface area contributed by atoms with Crippen molar-refractivity contribution in [2.75, 3.05) is 19.6 Å². The van der Waals surface area contributed by atoms with Crippen LogP contribution in [0.1, 0.15) is 30.7 Å². The molecule has 0 aliphatic heterocycles. The smallest absolute Gasteiger partial charge is 0.0897 e. The van der Waals surface area contributed by atoms with Crippen LogP contribution >= 0.6 is 23.7 Å². The lowest BCUT2D eigenvalue weighted by Crippen LogP contribution is -2.39. The van der Waals surface area contributed by atoms with Gasteiger partial charge in [0.25, 0.3) is 0 Å². The highest BCUT2D eigenvalue weighted by Crippen LogP contribution is 2.10. The number of halogens is 1. The van der Waals surface area contributed by atoms with E-state index in [0.29, 0.717) is 6.04 Å². The molecule has 1 aromatic heterocycles. The van der Waals surface area contributed by atoms with Crippen molar-refractivity contribution in [3.05, 3.63) is 16.1 Å². The summed E-state index contributed by atoms with van der Waals surface area (Å²) in [5.41, 5.74) is 0. The highest BCUT2D eigenvalue weighted by atomic mass is 35.5. The maximum atomic E-state index is 4.25. The van der Waals surface area contributed by atoms with Crippen molar-refractivity contribution in [2.45, 2.75) is 40.3 Å². The number of rotatable bonds is 7. The van der Waals surface area contributed by atoms with Gasteiger partial charge in [-0.05, 0) is 26.9 Å². The van der Waals surface area contributed by atoms with E-state index in [4.69, 9.17) is 0 Å². The van der Waals surface area contributed by atoms with Gasteiger partial charge < -0.3 is 5.32 Å². The first-order valence-electron chi connectivity index (χ1n) is 6.03. The van der Waals surface area contributed by atoms with E-state index in [9.17, 15) is 0 Å². The molecule has 0 saturated carbocycles. The van der Waals surface area contributed by atoms with E-state index in [1.54, 1.807) is 11.3 Å². The van der Waals surface area contributed by atoms with Crippen LogP contribution in [-0.2, 0) is 6.54 Å². The summed E-state index contributed by atoms with van der Waals surface area (Å²) >= 11 is 1.77. The zero-order valence-corrected chi connectivity index (χ0v) is 12.8. The van der Waals surface area contributed by atoms with Gasteiger partial charge in [-0.3, -0.25) is 4.90 Å². The lowest BCUT2D eigenvalue weighted by Gasteiger charge is -2.26. The molecule has 0 fully saturated rings. The fraction of sp³-hybridized carbons (Fsp3) is 0.750. The molecule has 0 bridgehead atoms. The van der Waals surface area contributed by atoms with Gasteiger partial charge in [-0.25, -0.2) is 4.98 Å². The summed E-state index contributed by atoms with van der Waals surface area (Å²) in [6.07, 6.45) is 1.97. The van der Waals surface area contributed by atoms with Crippen molar-refractivity contribution >= 4 is 23.7 Å². The molecule has 0 amide bonds. The van der Waals surface area contributed by atoms with E-state index in [-0.39, 0.29) is 12.4 Å². The molecule has 1 rings (SSSR count). The zero-order chi connectivity index (χ0) is 12.0. The number of aryl methyl sites for hydroxylation is 1. The fourth-order valence-electron chi connectivity index (χ4n) is 1.87. The third-order valence-corrected chi connectivity index (χ3v) is 3.76. The van der Waals surface area contributed by atoms with Crippen LogP contribution in [0, 0.1) is 6.92 Å². The normalized spacial score (nSPS) is 12.5. The van der Waals surface area contributed by atoms with Crippen molar-refractivity contribution < 1.29 is 0 Å². The van der Waals surface area contributed by atoms with Gasteiger partial charge in [0.2, 0.25) is 0 Å². The molecule has 0 aliphatic carbocycles. The minimum Gasteiger partial charge on any atom is -0.310 e. The van der Waals surface area contributed by atoms with Crippen LogP contribution in [0.15, 0.2) is 6.20 Å². The van der Waals surface area contributed by atoms with Crippen LogP contribution in [0.25, 0.3) is 0 Å². The third-order valence-electron chi connectivity index (χ3n) is 2.84. The first-order valence-corrected chi connectivity index (χ1v) is 6.85. The maximum Gasteiger partial charge on any atom is 0.0897 e. The second-order valence-electron chi connectivity index (χ2n) is 4.05. The van der Waals surface area contributed by atoms with Crippen molar-refractivity contribution in [3.8, 4) is 0 Å². The van der Waals surface area contributed by atoms with E-state index >= 15 is 0 Å². The van der Waals surface area contributed by atoms with E-state index in [1.165, 1.54) is 4.88 Å². The van der Waals surface area contributed by atoms with Crippen molar-refractivity contribution in [1.82, 2.24) is 15.2 Å². The zero-order valence-electron chi connectivity index (χ0n) is 11.2. The Labute approximate surface area is 115 Å². The summed E-state index contributed by atoms with van der Waals surface area (Å²) in [6, 6.07) is 0.601. The predicted octanol–water partition coefficient (Wildman–Crippen LogP) is 2.69. The van der Waals surface area contributed by atoms with Gasteiger partial charge in [0.05, 0.1) is 5.01 Å². The quantitative estimate of drug-likeness (QED) is 0.831. The highest BCUT2D eigenvalue weighted by molar-refractivity contribution is 7.11. The van der Waals surface area contributed by atoms with Gasteiger partial charge in [-0.2, -0.15) is 0 Å². The Morgan fingerprint density at radius 3 is 2.53 bits per heavy atom. The van der Waals surface area contributed by atoms with E-state index < -0.39 is 0 Å². The van der Waals surface area contributed by atoms with Gasteiger partial charge in [-0.1, -0.05) is 13.8 Å². The van der Waals surface area contributed by atoms with Crippen LogP contribution in [0.4, 0.5) is 0 Å². The van der Waals surface area contributed by atoms with Crippen molar-refractivity contribution in [3.63, 3.8) is 0 Å². The van der Waals surface area contributed by atoms with Crippen LogP contribution in [0.5, 0.6) is 0 Å².